The van der Waals surface area contributed by atoms with Crippen LogP contribution < -0.4 is 10.6 Å². The van der Waals surface area contributed by atoms with Gasteiger partial charge < -0.3 is 19.7 Å². The molecule has 11 heteroatoms. The van der Waals surface area contributed by atoms with Gasteiger partial charge in [0, 0.05) is 31.2 Å². The summed E-state index contributed by atoms with van der Waals surface area (Å²) in [7, 11) is -1.94. The van der Waals surface area contributed by atoms with Gasteiger partial charge in [0.2, 0.25) is 0 Å². The van der Waals surface area contributed by atoms with Crippen LogP contribution in [-0.2, 0) is 24.3 Å². The van der Waals surface area contributed by atoms with Crippen LogP contribution in [0.15, 0.2) is 52.6 Å². The molecule has 0 unspecified atom stereocenters. The van der Waals surface area contributed by atoms with Crippen LogP contribution in [0.5, 0.6) is 0 Å². The Labute approximate surface area is 167 Å². The summed E-state index contributed by atoms with van der Waals surface area (Å²) in [6.45, 7) is 0.650. The maximum Gasteiger partial charge on any atom is 0.411 e. The number of hydrogen-bond donors (Lipinski definition) is 2. The Morgan fingerprint density at radius 2 is 1.93 bits per heavy atom. The van der Waals surface area contributed by atoms with E-state index >= 15 is 0 Å². The molecule has 0 bridgehead atoms. The molecular formula is C18H20N4O6S. The Kier molecular flexibility index (Phi) is 6.29. The lowest BCUT2D eigenvalue weighted by Gasteiger charge is -2.26. The normalized spacial score (nSPS) is 16.9. The number of benzene rings is 1. The van der Waals surface area contributed by atoms with Crippen molar-refractivity contribution < 1.29 is 27.5 Å². The van der Waals surface area contributed by atoms with Crippen molar-refractivity contribution in [3.63, 3.8) is 0 Å². The van der Waals surface area contributed by atoms with Crippen LogP contribution in [0.3, 0.4) is 0 Å². The van der Waals surface area contributed by atoms with Crippen molar-refractivity contribution in [3.8, 4) is 0 Å². The lowest BCUT2D eigenvalue weighted by atomic mass is 10.1. The second-order valence-corrected chi connectivity index (χ2v) is 7.89. The average Bonchev–Trinajstić information content (AvgIpc) is 2.67. The van der Waals surface area contributed by atoms with Crippen LogP contribution in [0.25, 0.3) is 0 Å². The molecule has 154 valence electrons. The number of carbonyl (C=O) groups is 2. The highest BCUT2D eigenvalue weighted by Crippen LogP contribution is 2.19. The van der Waals surface area contributed by atoms with Crippen LogP contribution in [-0.4, -0.2) is 63.8 Å². The number of methoxy groups -OCH3 is 1. The third-order valence-electron chi connectivity index (χ3n) is 3.97. The Bertz CT molecular complexity index is 999. The molecule has 2 amide bonds. The Morgan fingerprint density at radius 1 is 1.17 bits per heavy atom. The van der Waals surface area contributed by atoms with E-state index in [4.69, 9.17) is 9.47 Å². The topological polar surface area (TPSA) is 126 Å². The molecule has 2 heterocycles. The quantitative estimate of drug-likeness (QED) is 0.665. The van der Waals surface area contributed by atoms with Crippen molar-refractivity contribution in [1.29, 1.82) is 0 Å². The second kappa shape index (κ2) is 8.88. The molecule has 0 atom stereocenters. The maximum atomic E-state index is 12.5. The highest BCUT2D eigenvalue weighted by atomic mass is 32.2. The predicted octanol–water partition coefficient (Wildman–Crippen LogP) is 1.32. The van der Waals surface area contributed by atoms with Crippen molar-refractivity contribution in [3.05, 3.63) is 48.2 Å². The van der Waals surface area contributed by atoms with Crippen LogP contribution in [0.1, 0.15) is 0 Å². The number of sulfonamides is 1. The summed E-state index contributed by atoms with van der Waals surface area (Å²) in [6.07, 6.45) is 3.91. The number of nitrogens with zero attached hydrogens (tertiary/aromatic N) is 2. The Hall–Kier alpha value is -3.18. The van der Waals surface area contributed by atoms with Gasteiger partial charge >= 0.3 is 6.09 Å². The summed E-state index contributed by atoms with van der Waals surface area (Å²) in [4.78, 5) is 25.8. The zero-order valence-corrected chi connectivity index (χ0v) is 16.4. The lowest BCUT2D eigenvalue weighted by Crippen LogP contribution is -2.37. The molecule has 1 aromatic carbocycles. The van der Waals surface area contributed by atoms with Gasteiger partial charge in [-0.2, -0.15) is 0 Å². The smallest absolute Gasteiger partial charge is 0.411 e. The first-order valence-corrected chi connectivity index (χ1v) is 10.3. The molecule has 10 nitrogen and oxygen atoms in total. The van der Waals surface area contributed by atoms with Gasteiger partial charge in [-0.1, -0.05) is 6.07 Å². The molecule has 2 N–H and O–H groups in total. The van der Waals surface area contributed by atoms with Gasteiger partial charge in [0.1, 0.15) is 12.4 Å². The fourth-order valence-electron chi connectivity index (χ4n) is 2.58. The molecule has 0 spiro atoms. The highest BCUT2D eigenvalue weighted by Gasteiger charge is 2.25. The number of ether oxygens (including phenoxy) is 2. The standard InChI is InChI=1S/C18H20N4O6S/c1-27-8-9-28-18(24)20-15-4-2-3-14(11-15)19-17(23)13-5-6-16-21-29(25,26)10-7-22(16)12-13/h2-6,11-12H,7-10H2,1H3,(H,19,23)(H,20,24). The number of amidine groups is 1. The van der Waals surface area contributed by atoms with E-state index in [1.165, 1.54) is 19.3 Å². The summed E-state index contributed by atoms with van der Waals surface area (Å²) in [5.41, 5.74) is 1.27. The maximum absolute atomic E-state index is 12.5. The summed E-state index contributed by atoms with van der Waals surface area (Å²) < 4.78 is 36.5. The lowest BCUT2D eigenvalue weighted by molar-refractivity contribution is -0.112. The predicted molar refractivity (Wildman–Crippen MR) is 107 cm³/mol. The van der Waals surface area contributed by atoms with Gasteiger partial charge in [-0.25, -0.2) is 13.2 Å². The largest absolute Gasteiger partial charge is 0.447 e. The van der Waals surface area contributed by atoms with Crippen molar-refractivity contribution in [1.82, 2.24) is 4.90 Å². The van der Waals surface area contributed by atoms with Crippen molar-refractivity contribution >= 4 is 39.2 Å². The molecule has 0 radical (unpaired) electrons. The summed E-state index contributed by atoms with van der Waals surface area (Å²) in [6, 6.07) is 6.59. The van der Waals surface area contributed by atoms with E-state index in [2.05, 4.69) is 15.0 Å². The first-order chi connectivity index (χ1) is 13.9. The van der Waals surface area contributed by atoms with Gasteiger partial charge in [-0.05, 0) is 30.4 Å². The van der Waals surface area contributed by atoms with Crippen molar-refractivity contribution in [2.75, 3.05) is 43.3 Å². The molecule has 0 aliphatic carbocycles. The zero-order valence-electron chi connectivity index (χ0n) is 15.6. The average molecular weight is 420 g/mol. The molecule has 0 aromatic heterocycles. The van der Waals surface area contributed by atoms with Crippen molar-refractivity contribution in [2.45, 2.75) is 0 Å². The third kappa shape index (κ3) is 5.65. The van der Waals surface area contributed by atoms with Crippen LogP contribution >= 0.6 is 0 Å². The van der Waals surface area contributed by atoms with Gasteiger partial charge in [-0.3, -0.25) is 10.1 Å². The number of fused-ring (bicyclic) bond motifs is 1. The first kappa shape index (κ1) is 20.6. The minimum atomic E-state index is -3.45. The van der Waals surface area contributed by atoms with E-state index in [1.54, 1.807) is 35.4 Å². The summed E-state index contributed by atoms with van der Waals surface area (Å²) >= 11 is 0. The molecule has 0 saturated heterocycles. The molecule has 29 heavy (non-hydrogen) atoms. The van der Waals surface area contributed by atoms with E-state index < -0.39 is 16.1 Å². The number of amides is 2. The molecular weight excluding hydrogens is 400 g/mol. The van der Waals surface area contributed by atoms with E-state index in [0.29, 0.717) is 23.6 Å². The number of rotatable bonds is 6. The minimum absolute atomic E-state index is 0.107. The van der Waals surface area contributed by atoms with E-state index in [9.17, 15) is 18.0 Å². The van der Waals surface area contributed by atoms with Crippen LogP contribution in [0.2, 0.25) is 0 Å². The van der Waals surface area contributed by atoms with E-state index in [-0.39, 0.29) is 30.6 Å². The van der Waals surface area contributed by atoms with Crippen LogP contribution in [0, 0.1) is 0 Å². The van der Waals surface area contributed by atoms with Crippen LogP contribution in [0.4, 0.5) is 16.2 Å². The van der Waals surface area contributed by atoms with Crippen molar-refractivity contribution in [2.24, 2.45) is 4.40 Å². The summed E-state index contributed by atoms with van der Waals surface area (Å²) in [5.74, 6) is -0.205. The monoisotopic (exact) mass is 420 g/mol. The number of anilines is 2. The van der Waals surface area contributed by atoms with Gasteiger partial charge in [-0.15, -0.1) is 4.40 Å². The third-order valence-corrected chi connectivity index (χ3v) is 5.14. The Morgan fingerprint density at radius 3 is 2.69 bits per heavy atom. The molecule has 2 aliphatic heterocycles. The van der Waals surface area contributed by atoms with E-state index in [1.807, 2.05) is 0 Å². The molecule has 0 saturated carbocycles. The molecule has 2 aliphatic rings. The molecule has 0 fully saturated rings. The fourth-order valence-corrected chi connectivity index (χ4v) is 3.55. The summed E-state index contributed by atoms with van der Waals surface area (Å²) in [5, 5.41) is 5.30. The molecule has 1 aromatic rings. The van der Waals surface area contributed by atoms with Gasteiger partial charge in [0.05, 0.1) is 17.9 Å². The number of carbonyl (C=O) groups excluding carboxylic acids is 2. The zero-order chi connectivity index (χ0) is 20.9. The fraction of sp³-hybridized carbons (Fsp3) is 0.278. The minimum Gasteiger partial charge on any atom is -0.447 e. The van der Waals surface area contributed by atoms with E-state index in [0.717, 1.165) is 0 Å². The Balaban J connectivity index is 1.62. The molecule has 3 rings (SSSR count). The number of nitrogens with one attached hydrogen (secondary N) is 2. The highest BCUT2D eigenvalue weighted by molar-refractivity contribution is 7.90. The SMILES string of the molecule is COCCOC(=O)Nc1cccc(NC(=O)C2=CN3CCS(=O)(=O)N=C3C=C2)c1. The van der Waals surface area contributed by atoms with Gasteiger partial charge in [0.25, 0.3) is 15.9 Å². The van der Waals surface area contributed by atoms with Gasteiger partial charge in [0.15, 0.2) is 0 Å². The first-order valence-electron chi connectivity index (χ1n) is 8.69. The second-order valence-electron chi connectivity index (χ2n) is 6.14. The number of hydrogen-bond acceptors (Lipinski definition) is 7.